The number of hydroxylamine groups is 2. The average Bonchev–Trinajstić information content (AvgIpc) is 2.27. The monoisotopic (exact) mass is 199 g/mol. The van der Waals surface area contributed by atoms with Crippen LogP contribution in [0.5, 0.6) is 0 Å². The molecule has 78 valence electrons. The van der Waals surface area contributed by atoms with Crippen molar-refractivity contribution in [3.05, 3.63) is 0 Å². The second kappa shape index (κ2) is 3.57. The van der Waals surface area contributed by atoms with Crippen LogP contribution in [0.25, 0.3) is 0 Å². The Morgan fingerprint density at radius 1 is 1.57 bits per heavy atom. The minimum Gasteiger partial charge on any atom is -0.480 e. The van der Waals surface area contributed by atoms with Crippen molar-refractivity contribution in [2.75, 3.05) is 6.54 Å². The summed E-state index contributed by atoms with van der Waals surface area (Å²) in [6, 6.07) is 0. The predicted octanol–water partition coefficient (Wildman–Crippen LogP) is 0.404. The quantitative estimate of drug-likeness (QED) is 0.714. The number of amides is 1. The summed E-state index contributed by atoms with van der Waals surface area (Å²) >= 11 is 0. The number of carboxylic acids is 1. The van der Waals surface area contributed by atoms with E-state index in [2.05, 4.69) is 0 Å². The van der Waals surface area contributed by atoms with Gasteiger partial charge in [-0.05, 0) is 18.8 Å². The normalized spacial score (nSPS) is 27.9. The van der Waals surface area contributed by atoms with Crippen LogP contribution in [0.4, 0.5) is 0 Å². The van der Waals surface area contributed by atoms with Crippen LogP contribution in [0.3, 0.4) is 0 Å². The zero-order chi connectivity index (χ0) is 10.1. The van der Waals surface area contributed by atoms with Crippen molar-refractivity contribution in [3.63, 3.8) is 0 Å². The summed E-state index contributed by atoms with van der Waals surface area (Å²) in [5.74, 6) is -0.783. The predicted molar refractivity (Wildman–Crippen MR) is 46.2 cm³/mol. The third-order valence-corrected chi connectivity index (χ3v) is 2.87. The van der Waals surface area contributed by atoms with Crippen LogP contribution >= 0.6 is 0 Å². The lowest BCUT2D eigenvalue weighted by atomic mass is 9.80. The molecule has 1 saturated heterocycles. The molecule has 5 nitrogen and oxygen atoms in total. The van der Waals surface area contributed by atoms with Gasteiger partial charge in [0.15, 0.2) is 0 Å². The van der Waals surface area contributed by atoms with E-state index >= 15 is 0 Å². The molecule has 1 aliphatic heterocycles. The number of carbonyl (C=O) groups is 2. The number of rotatable bonds is 3. The van der Waals surface area contributed by atoms with Gasteiger partial charge in [0.1, 0.15) is 6.54 Å². The fourth-order valence-electron chi connectivity index (χ4n) is 1.85. The Morgan fingerprint density at radius 2 is 2.29 bits per heavy atom. The molecule has 0 aromatic carbocycles. The van der Waals surface area contributed by atoms with Gasteiger partial charge in [0.25, 0.3) is 0 Å². The largest absolute Gasteiger partial charge is 0.480 e. The van der Waals surface area contributed by atoms with E-state index in [1.54, 1.807) is 0 Å². The molecular formula is C9H13NO4. The van der Waals surface area contributed by atoms with Crippen LogP contribution in [0, 0.1) is 5.92 Å². The molecule has 0 aromatic rings. The number of carboxylic acid groups (broad SMARTS) is 1. The Balaban J connectivity index is 1.89. The molecule has 2 rings (SSSR count). The Kier molecular flexibility index (Phi) is 2.41. The van der Waals surface area contributed by atoms with Crippen molar-refractivity contribution in [2.24, 2.45) is 5.92 Å². The maximum atomic E-state index is 11.3. The molecule has 1 saturated carbocycles. The van der Waals surface area contributed by atoms with Gasteiger partial charge in [-0.2, -0.15) is 0 Å². The molecule has 14 heavy (non-hydrogen) atoms. The van der Waals surface area contributed by atoms with Crippen molar-refractivity contribution in [2.45, 2.75) is 31.8 Å². The summed E-state index contributed by atoms with van der Waals surface area (Å²) in [5.41, 5.74) is 0. The molecule has 0 spiro atoms. The summed E-state index contributed by atoms with van der Waals surface area (Å²) in [4.78, 5) is 27.0. The maximum Gasteiger partial charge on any atom is 0.325 e. The minimum absolute atomic E-state index is 0.0735. The maximum absolute atomic E-state index is 11.3. The smallest absolute Gasteiger partial charge is 0.325 e. The third-order valence-electron chi connectivity index (χ3n) is 2.87. The van der Waals surface area contributed by atoms with Crippen LogP contribution in [0.2, 0.25) is 0 Å². The molecule has 2 aliphatic rings. The van der Waals surface area contributed by atoms with E-state index in [4.69, 9.17) is 9.94 Å². The highest BCUT2D eigenvalue weighted by Gasteiger charge is 2.39. The van der Waals surface area contributed by atoms with Crippen molar-refractivity contribution < 1.29 is 19.5 Å². The van der Waals surface area contributed by atoms with Gasteiger partial charge in [0.2, 0.25) is 5.91 Å². The van der Waals surface area contributed by atoms with E-state index < -0.39 is 5.97 Å². The van der Waals surface area contributed by atoms with E-state index in [1.165, 1.54) is 6.42 Å². The van der Waals surface area contributed by atoms with E-state index in [9.17, 15) is 9.59 Å². The molecule has 1 aliphatic carbocycles. The Bertz CT molecular complexity index is 262. The van der Waals surface area contributed by atoms with Crippen LogP contribution in [0.1, 0.15) is 25.7 Å². The van der Waals surface area contributed by atoms with Gasteiger partial charge >= 0.3 is 5.97 Å². The van der Waals surface area contributed by atoms with Gasteiger partial charge in [-0.25, -0.2) is 5.06 Å². The Hall–Kier alpha value is -1.10. The molecule has 5 heteroatoms. The first-order valence-electron chi connectivity index (χ1n) is 4.86. The van der Waals surface area contributed by atoms with Crippen molar-refractivity contribution >= 4 is 11.9 Å². The van der Waals surface area contributed by atoms with Crippen LogP contribution < -0.4 is 0 Å². The molecule has 0 bridgehead atoms. The van der Waals surface area contributed by atoms with Gasteiger partial charge in [0.05, 0.1) is 12.5 Å². The van der Waals surface area contributed by atoms with Gasteiger partial charge in [-0.1, -0.05) is 6.42 Å². The zero-order valence-electron chi connectivity index (χ0n) is 7.81. The Labute approximate surface area is 81.6 Å². The summed E-state index contributed by atoms with van der Waals surface area (Å²) in [6.45, 7) is -0.345. The fourth-order valence-corrected chi connectivity index (χ4v) is 1.85. The summed E-state index contributed by atoms with van der Waals surface area (Å²) in [6.07, 6.45) is 3.66. The molecule has 1 N–H and O–H groups in total. The number of hydrogen-bond acceptors (Lipinski definition) is 3. The molecule has 1 heterocycles. The number of nitrogens with zero attached hydrogens (tertiary/aromatic N) is 1. The van der Waals surface area contributed by atoms with Gasteiger partial charge in [0, 0.05) is 0 Å². The van der Waals surface area contributed by atoms with Crippen LogP contribution in [0.15, 0.2) is 0 Å². The second-order valence-electron chi connectivity index (χ2n) is 3.86. The first-order valence-corrected chi connectivity index (χ1v) is 4.86. The molecule has 1 amide bonds. The van der Waals surface area contributed by atoms with E-state index in [0.717, 1.165) is 17.9 Å². The topological polar surface area (TPSA) is 66.8 Å². The molecule has 0 aromatic heterocycles. The highest BCUT2D eigenvalue weighted by molar-refractivity contribution is 5.81. The standard InChI is InChI=1S/C9H13NO4/c11-8-4-7(6-2-1-3-6)14-10(8)5-9(12)13/h6-7H,1-5H2,(H,12,13). The number of aliphatic carboxylic acids is 1. The van der Waals surface area contributed by atoms with Gasteiger partial charge in [-0.3, -0.25) is 14.4 Å². The van der Waals surface area contributed by atoms with Gasteiger partial charge < -0.3 is 5.11 Å². The first-order chi connectivity index (χ1) is 6.66. The van der Waals surface area contributed by atoms with E-state index in [0.29, 0.717) is 12.3 Å². The molecule has 2 fully saturated rings. The van der Waals surface area contributed by atoms with E-state index in [1.807, 2.05) is 0 Å². The number of carbonyl (C=O) groups excluding carboxylic acids is 1. The highest BCUT2D eigenvalue weighted by atomic mass is 16.7. The van der Waals surface area contributed by atoms with Crippen molar-refractivity contribution in [3.8, 4) is 0 Å². The van der Waals surface area contributed by atoms with Gasteiger partial charge in [-0.15, -0.1) is 0 Å². The molecular weight excluding hydrogens is 186 g/mol. The summed E-state index contributed by atoms with van der Waals surface area (Å²) < 4.78 is 0. The SMILES string of the molecule is O=C(O)CN1OC(C2CCC2)CC1=O. The van der Waals surface area contributed by atoms with Crippen LogP contribution in [-0.4, -0.2) is 34.7 Å². The molecule has 1 unspecified atom stereocenters. The first kappa shape index (κ1) is 9.45. The lowest BCUT2D eigenvalue weighted by molar-refractivity contribution is -0.189. The number of hydrogen-bond donors (Lipinski definition) is 1. The average molecular weight is 199 g/mol. The summed E-state index contributed by atoms with van der Waals surface area (Å²) in [7, 11) is 0. The third kappa shape index (κ3) is 1.72. The highest BCUT2D eigenvalue weighted by Crippen LogP contribution is 2.35. The second-order valence-corrected chi connectivity index (χ2v) is 3.86. The van der Waals surface area contributed by atoms with E-state index in [-0.39, 0.29) is 18.6 Å². The minimum atomic E-state index is -1.03. The molecule has 0 radical (unpaired) electrons. The van der Waals surface area contributed by atoms with Crippen molar-refractivity contribution in [1.29, 1.82) is 0 Å². The lowest BCUT2D eigenvalue weighted by Gasteiger charge is -2.29. The molecule has 1 atom stereocenters. The zero-order valence-corrected chi connectivity index (χ0v) is 7.81. The lowest BCUT2D eigenvalue weighted by Crippen LogP contribution is -2.32. The summed E-state index contributed by atoms with van der Waals surface area (Å²) in [5, 5.41) is 9.49. The Morgan fingerprint density at radius 3 is 2.79 bits per heavy atom. The van der Waals surface area contributed by atoms with Crippen LogP contribution in [-0.2, 0) is 14.4 Å². The van der Waals surface area contributed by atoms with Crippen molar-refractivity contribution in [1.82, 2.24) is 5.06 Å². The fraction of sp³-hybridized carbons (Fsp3) is 0.778.